The SMILES string of the molecule is COc1ccc(N2C[C@@H](C(=O)NCc3ccc(OCc4ccccc4)c(OC)c3)CC2=O)cc1. The van der Waals surface area contributed by atoms with Crippen molar-refractivity contribution in [3.05, 3.63) is 83.9 Å². The van der Waals surface area contributed by atoms with Crippen LogP contribution in [0.1, 0.15) is 17.5 Å². The number of amides is 2. The number of hydrogen-bond acceptors (Lipinski definition) is 5. The summed E-state index contributed by atoms with van der Waals surface area (Å²) in [4.78, 5) is 26.9. The highest BCUT2D eigenvalue weighted by Gasteiger charge is 2.35. The number of methoxy groups -OCH3 is 2. The lowest BCUT2D eigenvalue weighted by Crippen LogP contribution is -2.32. The minimum Gasteiger partial charge on any atom is -0.497 e. The molecule has 0 aromatic heterocycles. The molecule has 1 atom stereocenters. The van der Waals surface area contributed by atoms with Crippen LogP contribution in [0.2, 0.25) is 0 Å². The maximum Gasteiger partial charge on any atom is 0.227 e. The number of nitrogens with zero attached hydrogens (tertiary/aromatic N) is 1. The summed E-state index contributed by atoms with van der Waals surface area (Å²) in [5.41, 5.74) is 2.71. The highest BCUT2D eigenvalue weighted by molar-refractivity contribution is 6.00. The van der Waals surface area contributed by atoms with Crippen molar-refractivity contribution in [3.63, 3.8) is 0 Å². The number of ether oxygens (including phenoxy) is 3. The average Bonchev–Trinajstić information content (AvgIpc) is 3.28. The van der Waals surface area contributed by atoms with Crippen molar-refractivity contribution in [1.29, 1.82) is 0 Å². The first-order valence-electron chi connectivity index (χ1n) is 11.1. The highest BCUT2D eigenvalue weighted by atomic mass is 16.5. The van der Waals surface area contributed by atoms with Crippen LogP contribution in [0.5, 0.6) is 17.2 Å². The molecular weight excluding hydrogens is 432 g/mol. The number of carbonyl (C=O) groups is 2. The van der Waals surface area contributed by atoms with Gasteiger partial charge in [0.2, 0.25) is 11.8 Å². The van der Waals surface area contributed by atoms with Crippen molar-refractivity contribution in [2.75, 3.05) is 25.7 Å². The van der Waals surface area contributed by atoms with Crippen LogP contribution in [0.25, 0.3) is 0 Å². The number of nitrogens with one attached hydrogen (secondary N) is 1. The van der Waals surface area contributed by atoms with Gasteiger partial charge in [-0.25, -0.2) is 0 Å². The molecular formula is C27H28N2O5. The molecule has 0 saturated carbocycles. The molecule has 3 aromatic rings. The van der Waals surface area contributed by atoms with Gasteiger partial charge in [-0.1, -0.05) is 36.4 Å². The summed E-state index contributed by atoms with van der Waals surface area (Å²) in [5, 5.41) is 2.95. The molecule has 1 aliphatic heterocycles. The molecule has 1 aliphatic rings. The fraction of sp³-hybridized carbons (Fsp3) is 0.259. The molecule has 3 aromatic carbocycles. The summed E-state index contributed by atoms with van der Waals surface area (Å²) in [6.45, 7) is 1.13. The fourth-order valence-corrected chi connectivity index (χ4v) is 3.90. The van der Waals surface area contributed by atoms with Crippen LogP contribution in [-0.4, -0.2) is 32.6 Å². The molecule has 0 aliphatic carbocycles. The third-order valence-electron chi connectivity index (χ3n) is 5.81. The van der Waals surface area contributed by atoms with Crippen molar-refractivity contribution in [2.45, 2.75) is 19.6 Å². The molecule has 1 N–H and O–H groups in total. The Kier molecular flexibility index (Phi) is 7.32. The Bertz CT molecular complexity index is 1130. The largest absolute Gasteiger partial charge is 0.497 e. The minimum atomic E-state index is -0.398. The number of benzene rings is 3. The van der Waals surface area contributed by atoms with Gasteiger partial charge in [-0.15, -0.1) is 0 Å². The predicted molar refractivity (Wildman–Crippen MR) is 129 cm³/mol. The molecule has 7 nitrogen and oxygen atoms in total. The van der Waals surface area contributed by atoms with Gasteiger partial charge in [0.05, 0.1) is 20.1 Å². The first-order chi connectivity index (χ1) is 16.6. The zero-order valence-corrected chi connectivity index (χ0v) is 19.3. The van der Waals surface area contributed by atoms with Crippen LogP contribution in [0, 0.1) is 5.92 Å². The Morgan fingerprint density at radius 1 is 0.941 bits per heavy atom. The van der Waals surface area contributed by atoms with E-state index >= 15 is 0 Å². The number of anilines is 1. The van der Waals surface area contributed by atoms with Crippen LogP contribution in [-0.2, 0) is 22.7 Å². The smallest absolute Gasteiger partial charge is 0.227 e. The highest BCUT2D eigenvalue weighted by Crippen LogP contribution is 2.30. The summed E-state index contributed by atoms with van der Waals surface area (Å²) < 4.78 is 16.5. The standard InChI is InChI=1S/C27H28N2O5/c1-32-23-11-9-22(10-12-23)29-17-21(15-26(29)30)27(31)28-16-20-8-13-24(25(14-20)33-2)34-18-19-6-4-3-5-7-19/h3-14,21H,15-18H2,1-2H3,(H,28,31)/t21-/m0/s1. The van der Waals surface area contributed by atoms with Crippen LogP contribution >= 0.6 is 0 Å². The second-order valence-electron chi connectivity index (χ2n) is 8.08. The Labute approximate surface area is 199 Å². The predicted octanol–water partition coefficient (Wildman–Crippen LogP) is 3.95. The molecule has 0 radical (unpaired) electrons. The van der Waals surface area contributed by atoms with E-state index in [-0.39, 0.29) is 18.2 Å². The van der Waals surface area contributed by atoms with Gasteiger partial charge in [-0.2, -0.15) is 0 Å². The third-order valence-corrected chi connectivity index (χ3v) is 5.81. The molecule has 7 heteroatoms. The van der Waals surface area contributed by atoms with Gasteiger partial charge in [0.15, 0.2) is 11.5 Å². The van der Waals surface area contributed by atoms with Crippen LogP contribution in [0.4, 0.5) is 5.69 Å². The van der Waals surface area contributed by atoms with Crippen LogP contribution in [0.3, 0.4) is 0 Å². The minimum absolute atomic E-state index is 0.0631. The van der Waals surface area contributed by atoms with Gasteiger partial charge in [0.25, 0.3) is 0 Å². The topological polar surface area (TPSA) is 77.1 Å². The van der Waals surface area contributed by atoms with Crippen molar-refractivity contribution in [3.8, 4) is 17.2 Å². The number of hydrogen-bond donors (Lipinski definition) is 1. The molecule has 176 valence electrons. The van der Waals surface area contributed by atoms with Gasteiger partial charge in [-0.05, 0) is 47.5 Å². The first kappa shape index (κ1) is 23.2. The van der Waals surface area contributed by atoms with E-state index in [1.54, 1.807) is 31.3 Å². The van der Waals surface area contributed by atoms with Crippen molar-refractivity contribution < 1.29 is 23.8 Å². The van der Waals surface area contributed by atoms with Crippen LogP contribution < -0.4 is 24.4 Å². The summed E-state index contributed by atoms with van der Waals surface area (Å²) >= 11 is 0. The Hall–Kier alpha value is -4.00. The summed E-state index contributed by atoms with van der Waals surface area (Å²) in [6.07, 6.45) is 0.188. The van der Waals surface area contributed by atoms with E-state index in [1.165, 1.54) is 0 Å². The lowest BCUT2D eigenvalue weighted by atomic mass is 10.1. The monoisotopic (exact) mass is 460 g/mol. The Morgan fingerprint density at radius 3 is 2.41 bits per heavy atom. The normalized spacial score (nSPS) is 15.2. The lowest BCUT2D eigenvalue weighted by molar-refractivity contribution is -0.126. The molecule has 0 spiro atoms. The maximum absolute atomic E-state index is 12.8. The van der Waals surface area contributed by atoms with Gasteiger partial charge < -0.3 is 24.4 Å². The molecule has 1 fully saturated rings. The van der Waals surface area contributed by atoms with Crippen molar-refractivity contribution in [1.82, 2.24) is 5.32 Å². The Morgan fingerprint density at radius 2 is 1.71 bits per heavy atom. The summed E-state index contributed by atoms with van der Waals surface area (Å²) in [6, 6.07) is 22.7. The van der Waals surface area contributed by atoms with Gasteiger partial charge in [-0.3, -0.25) is 9.59 Å². The van der Waals surface area contributed by atoms with E-state index in [4.69, 9.17) is 14.2 Å². The van der Waals surface area contributed by atoms with E-state index in [9.17, 15) is 9.59 Å². The molecule has 1 saturated heterocycles. The van der Waals surface area contributed by atoms with E-state index in [0.717, 1.165) is 22.6 Å². The van der Waals surface area contributed by atoms with E-state index in [0.29, 0.717) is 31.2 Å². The molecule has 2 amide bonds. The maximum atomic E-state index is 12.8. The van der Waals surface area contributed by atoms with Gasteiger partial charge in [0.1, 0.15) is 12.4 Å². The second-order valence-corrected chi connectivity index (χ2v) is 8.08. The van der Waals surface area contributed by atoms with Gasteiger partial charge >= 0.3 is 0 Å². The molecule has 0 unspecified atom stereocenters. The van der Waals surface area contributed by atoms with Crippen LogP contribution in [0.15, 0.2) is 72.8 Å². The zero-order chi connectivity index (χ0) is 23.9. The quantitative estimate of drug-likeness (QED) is 0.523. The fourth-order valence-electron chi connectivity index (χ4n) is 3.90. The molecule has 1 heterocycles. The molecule has 4 rings (SSSR count). The Balaban J connectivity index is 1.32. The summed E-state index contributed by atoms with van der Waals surface area (Å²) in [7, 11) is 3.18. The zero-order valence-electron chi connectivity index (χ0n) is 19.3. The first-order valence-corrected chi connectivity index (χ1v) is 11.1. The summed E-state index contributed by atoms with van der Waals surface area (Å²) in [5.74, 6) is 1.35. The number of rotatable bonds is 9. The molecule has 34 heavy (non-hydrogen) atoms. The van der Waals surface area contributed by atoms with Crippen molar-refractivity contribution >= 4 is 17.5 Å². The van der Waals surface area contributed by atoms with Gasteiger partial charge in [0, 0.05) is 25.2 Å². The third kappa shape index (κ3) is 5.49. The average molecular weight is 461 g/mol. The lowest BCUT2D eigenvalue weighted by Gasteiger charge is -2.17. The number of carbonyl (C=O) groups excluding carboxylic acids is 2. The molecule has 0 bridgehead atoms. The van der Waals surface area contributed by atoms with Crippen molar-refractivity contribution in [2.24, 2.45) is 5.92 Å². The second kappa shape index (κ2) is 10.7. The van der Waals surface area contributed by atoms with E-state index < -0.39 is 5.92 Å². The van der Waals surface area contributed by atoms with E-state index in [2.05, 4.69) is 5.32 Å². The van der Waals surface area contributed by atoms with E-state index in [1.807, 2.05) is 60.7 Å².